The maximum Gasteiger partial charge on any atom is 0.118 e. The van der Waals surface area contributed by atoms with Crippen molar-refractivity contribution in [1.82, 2.24) is 0 Å². The minimum Gasteiger partial charge on any atom is -0.545 e. The Balaban J connectivity index is 1.67. The number of aromatic carboxylic acids is 1. The monoisotopic (exact) mass is 545 g/mol. The van der Waals surface area contributed by atoms with E-state index >= 15 is 0 Å². The van der Waals surface area contributed by atoms with E-state index in [1.807, 2.05) is 30.3 Å². The second kappa shape index (κ2) is 12.9. The quantitative estimate of drug-likeness (QED) is 0.161. The Labute approximate surface area is 232 Å². The zero-order chi connectivity index (χ0) is 27.9. The van der Waals surface area contributed by atoms with Gasteiger partial charge in [-0.2, -0.15) is 0 Å². The van der Waals surface area contributed by atoms with Crippen molar-refractivity contribution in [1.29, 1.82) is 0 Å². The maximum absolute atomic E-state index is 11.9. The molecule has 0 saturated carbocycles. The van der Waals surface area contributed by atoms with Crippen LogP contribution in [0.4, 0.5) is 0 Å². The zero-order valence-corrected chi connectivity index (χ0v) is 26.4. The number of ether oxygens (including phenoxy) is 1. The number of benzene rings is 3. The van der Waals surface area contributed by atoms with Gasteiger partial charge in [-0.05, 0) is 52.8 Å². The van der Waals surface area contributed by atoms with Crippen LogP contribution < -0.4 is 9.84 Å². The molecular formula is C33H45O3Si2-. The molecule has 0 saturated heterocycles. The molecular weight excluding hydrogens is 501 g/mol. The van der Waals surface area contributed by atoms with Gasteiger partial charge >= 0.3 is 0 Å². The summed E-state index contributed by atoms with van der Waals surface area (Å²) >= 11 is 0. The van der Waals surface area contributed by atoms with Crippen LogP contribution in [0.25, 0.3) is 11.1 Å². The summed E-state index contributed by atoms with van der Waals surface area (Å²) in [6, 6.07) is 23.5. The molecule has 0 aromatic heterocycles. The van der Waals surface area contributed by atoms with E-state index in [0.717, 1.165) is 29.7 Å². The van der Waals surface area contributed by atoms with E-state index in [9.17, 15) is 9.90 Å². The third kappa shape index (κ3) is 8.70. The molecule has 0 fully saturated rings. The Bertz CT molecular complexity index is 1190. The van der Waals surface area contributed by atoms with Gasteiger partial charge in [0.1, 0.15) is 5.75 Å². The first-order valence-corrected chi connectivity index (χ1v) is 21.1. The highest BCUT2D eigenvalue weighted by Gasteiger charge is 2.27. The van der Waals surface area contributed by atoms with Crippen molar-refractivity contribution in [3.05, 3.63) is 89.0 Å². The summed E-state index contributed by atoms with van der Waals surface area (Å²) in [5.74, 6) is -0.0591. The van der Waals surface area contributed by atoms with E-state index in [4.69, 9.17) is 4.74 Å². The van der Waals surface area contributed by atoms with Crippen LogP contribution in [0.3, 0.4) is 0 Å². The fraction of sp³-hybridized carbons (Fsp3) is 0.424. The van der Waals surface area contributed by atoms with Gasteiger partial charge in [0.25, 0.3) is 0 Å². The number of unbranched alkanes of at least 4 members (excludes halogenated alkanes) is 2. The van der Waals surface area contributed by atoms with Gasteiger partial charge in [-0.3, -0.25) is 0 Å². The highest BCUT2D eigenvalue weighted by molar-refractivity contribution is 6.94. The molecule has 0 bridgehead atoms. The Morgan fingerprint density at radius 1 is 0.842 bits per heavy atom. The van der Waals surface area contributed by atoms with Crippen molar-refractivity contribution in [2.75, 3.05) is 7.11 Å². The van der Waals surface area contributed by atoms with E-state index in [2.05, 4.69) is 70.0 Å². The summed E-state index contributed by atoms with van der Waals surface area (Å²) in [7, 11) is -0.418. The zero-order valence-electron chi connectivity index (χ0n) is 24.4. The first-order valence-electron chi connectivity index (χ1n) is 14.0. The summed E-state index contributed by atoms with van der Waals surface area (Å²) in [5, 5.41) is 11.9. The summed E-state index contributed by atoms with van der Waals surface area (Å²) in [6.45, 7) is 14.8. The Morgan fingerprint density at radius 2 is 1.45 bits per heavy atom. The van der Waals surface area contributed by atoms with Crippen LogP contribution in [-0.2, 0) is 6.42 Å². The molecule has 0 radical (unpaired) electrons. The minimum atomic E-state index is -1.13. The Morgan fingerprint density at radius 3 is 2.00 bits per heavy atom. The smallest absolute Gasteiger partial charge is 0.118 e. The van der Waals surface area contributed by atoms with Crippen LogP contribution in [-0.4, -0.2) is 29.2 Å². The van der Waals surface area contributed by atoms with Gasteiger partial charge in [-0.15, -0.1) is 0 Å². The number of carbonyl (C=O) groups is 1. The second-order valence-corrected chi connectivity index (χ2v) is 24.1. The van der Waals surface area contributed by atoms with Crippen molar-refractivity contribution >= 4 is 22.1 Å². The van der Waals surface area contributed by atoms with E-state index in [0.29, 0.717) is 0 Å². The van der Waals surface area contributed by atoms with Crippen molar-refractivity contribution in [2.45, 2.75) is 83.0 Å². The molecule has 1 atom stereocenters. The summed E-state index contributed by atoms with van der Waals surface area (Å²) < 4.78 is 5.27. The number of carboxylic acid groups (broad SMARTS) is 1. The van der Waals surface area contributed by atoms with E-state index in [-0.39, 0.29) is 11.5 Å². The first kappa shape index (κ1) is 29.9. The van der Waals surface area contributed by atoms with Crippen LogP contribution in [0, 0.1) is 0 Å². The molecule has 5 heteroatoms. The molecule has 3 rings (SSSR count). The standard InChI is InChI=1S/C33H46O3Si2/c1-25(28-17-19-30(36-2)20-18-28)27-13-15-29(16-14-27)32-23-26(12-21-31(32)33(34)35)11-9-8-10-22-38(6,7)24-37(3,4)5/h12-21,23,25H,8-11,22,24H2,1-7H3,(H,34,35)/p-1. The highest BCUT2D eigenvalue weighted by atomic mass is 28.4. The molecule has 3 aromatic rings. The SMILES string of the molecule is COc1ccc(C(C)c2ccc(-c3cc(CCCCC[Si](C)(C)C[Si](C)(C)C)ccc3C(=O)[O-])cc2)cc1. The Kier molecular flexibility index (Phi) is 10.2. The van der Waals surface area contributed by atoms with Gasteiger partial charge in [0, 0.05) is 27.6 Å². The fourth-order valence-corrected chi connectivity index (χ4v) is 19.2. The molecule has 0 spiro atoms. The van der Waals surface area contributed by atoms with Crippen molar-refractivity contribution < 1.29 is 14.6 Å². The average molecular weight is 546 g/mol. The van der Waals surface area contributed by atoms with Gasteiger partial charge in [-0.1, -0.05) is 119 Å². The third-order valence-corrected chi connectivity index (χ3v) is 17.2. The van der Waals surface area contributed by atoms with Gasteiger partial charge in [0.2, 0.25) is 0 Å². The molecule has 0 amide bonds. The average Bonchev–Trinajstić information content (AvgIpc) is 2.86. The largest absolute Gasteiger partial charge is 0.545 e. The number of aryl methyl sites for hydroxylation is 1. The molecule has 0 heterocycles. The fourth-order valence-electron chi connectivity index (χ4n) is 5.83. The molecule has 0 N–H and O–H groups in total. The molecule has 0 aliphatic heterocycles. The predicted octanol–water partition coefficient (Wildman–Crippen LogP) is 8.18. The maximum atomic E-state index is 11.9. The highest BCUT2D eigenvalue weighted by Crippen LogP contribution is 2.31. The van der Waals surface area contributed by atoms with Crippen LogP contribution in [0.1, 0.15) is 59.2 Å². The van der Waals surface area contributed by atoms with Crippen LogP contribution in [0.15, 0.2) is 66.7 Å². The van der Waals surface area contributed by atoms with E-state index in [1.54, 1.807) is 13.2 Å². The Hall–Kier alpha value is -2.64. The lowest BCUT2D eigenvalue weighted by Gasteiger charge is -2.29. The third-order valence-electron chi connectivity index (χ3n) is 7.47. The van der Waals surface area contributed by atoms with Crippen molar-refractivity contribution in [3.63, 3.8) is 0 Å². The molecule has 3 nitrogen and oxygen atoms in total. The lowest BCUT2D eigenvalue weighted by Crippen LogP contribution is -2.37. The molecule has 1 unspecified atom stereocenters. The van der Waals surface area contributed by atoms with Gasteiger partial charge in [0.15, 0.2) is 0 Å². The second-order valence-electron chi connectivity index (χ2n) is 12.7. The summed E-state index contributed by atoms with van der Waals surface area (Å²) in [6.07, 6.45) is 4.65. The number of hydrogen-bond acceptors (Lipinski definition) is 3. The molecule has 38 heavy (non-hydrogen) atoms. The number of carboxylic acids is 1. The lowest BCUT2D eigenvalue weighted by atomic mass is 9.90. The topological polar surface area (TPSA) is 49.4 Å². The number of hydrogen-bond donors (Lipinski definition) is 0. The number of methoxy groups -OCH3 is 1. The molecule has 204 valence electrons. The van der Waals surface area contributed by atoms with Crippen molar-refractivity contribution in [2.24, 2.45) is 0 Å². The summed E-state index contributed by atoms with van der Waals surface area (Å²) in [5.41, 5.74) is 7.01. The van der Waals surface area contributed by atoms with E-state index in [1.165, 1.54) is 41.2 Å². The van der Waals surface area contributed by atoms with E-state index < -0.39 is 22.1 Å². The molecule has 3 aromatic carbocycles. The molecule has 0 aliphatic carbocycles. The van der Waals surface area contributed by atoms with Crippen LogP contribution in [0.5, 0.6) is 5.75 Å². The first-order chi connectivity index (χ1) is 17.9. The minimum absolute atomic E-state index is 0.223. The normalized spacial score (nSPS) is 12.8. The van der Waals surface area contributed by atoms with Crippen molar-refractivity contribution in [3.8, 4) is 16.9 Å². The summed E-state index contributed by atoms with van der Waals surface area (Å²) in [4.78, 5) is 11.9. The lowest BCUT2D eigenvalue weighted by molar-refractivity contribution is -0.254. The van der Waals surface area contributed by atoms with Gasteiger partial charge < -0.3 is 14.6 Å². The van der Waals surface area contributed by atoms with Crippen LogP contribution in [0.2, 0.25) is 44.4 Å². The van der Waals surface area contributed by atoms with Gasteiger partial charge in [0.05, 0.1) is 13.1 Å². The molecule has 0 aliphatic rings. The van der Waals surface area contributed by atoms with Gasteiger partial charge in [-0.25, -0.2) is 0 Å². The predicted molar refractivity (Wildman–Crippen MR) is 165 cm³/mol. The number of rotatable bonds is 13. The van der Waals surface area contributed by atoms with Crippen LogP contribution >= 0.6 is 0 Å². The number of carbonyl (C=O) groups excluding carboxylic acids is 1.